The molecule has 2 aromatic rings. The molecule has 21 heavy (non-hydrogen) atoms. The number of carbonyl (C=O) groups excluding carboxylic acids is 1. The smallest absolute Gasteiger partial charge is 0.259 e. The van der Waals surface area contributed by atoms with Crippen LogP contribution in [0.1, 0.15) is 15.9 Å². The van der Waals surface area contributed by atoms with E-state index in [9.17, 15) is 4.79 Å². The van der Waals surface area contributed by atoms with E-state index >= 15 is 0 Å². The van der Waals surface area contributed by atoms with Crippen molar-refractivity contribution in [3.63, 3.8) is 0 Å². The number of carbonyl (C=O) groups is 1. The van der Waals surface area contributed by atoms with E-state index in [1.165, 1.54) is 7.11 Å². The number of hydrogen-bond donors (Lipinski definition) is 2. The van der Waals surface area contributed by atoms with Gasteiger partial charge in [-0.2, -0.15) is 0 Å². The first-order chi connectivity index (χ1) is 10.1. The summed E-state index contributed by atoms with van der Waals surface area (Å²) in [7, 11) is 3.07. The maximum atomic E-state index is 12.4. The molecule has 0 spiro atoms. The fourth-order valence-corrected chi connectivity index (χ4v) is 1.97. The van der Waals surface area contributed by atoms with Crippen LogP contribution in [0.4, 0.5) is 11.4 Å². The Morgan fingerprint density at radius 2 is 1.90 bits per heavy atom. The number of nitrogens with two attached hydrogens (primary N) is 1. The van der Waals surface area contributed by atoms with E-state index in [-0.39, 0.29) is 5.91 Å². The molecule has 2 rings (SSSR count). The van der Waals surface area contributed by atoms with E-state index in [4.69, 9.17) is 15.2 Å². The van der Waals surface area contributed by atoms with Gasteiger partial charge in [0.1, 0.15) is 11.5 Å². The predicted molar refractivity (Wildman–Crippen MR) is 83.1 cm³/mol. The molecule has 0 unspecified atom stereocenters. The second-order valence-corrected chi connectivity index (χ2v) is 4.54. The molecule has 0 fully saturated rings. The van der Waals surface area contributed by atoms with Gasteiger partial charge >= 0.3 is 0 Å². The fraction of sp³-hybridized carbons (Fsp3) is 0.188. The summed E-state index contributed by atoms with van der Waals surface area (Å²) in [4.78, 5) is 12.4. The number of ether oxygens (including phenoxy) is 2. The van der Waals surface area contributed by atoms with Gasteiger partial charge in [-0.25, -0.2) is 0 Å². The van der Waals surface area contributed by atoms with Gasteiger partial charge in [-0.15, -0.1) is 0 Å². The summed E-state index contributed by atoms with van der Waals surface area (Å²) in [5.41, 5.74) is 8.37. The number of rotatable bonds is 4. The number of anilines is 2. The summed E-state index contributed by atoms with van der Waals surface area (Å²) in [5.74, 6) is 0.791. The highest BCUT2D eigenvalue weighted by molar-refractivity contribution is 6.07. The van der Waals surface area contributed by atoms with Crippen LogP contribution in [0.5, 0.6) is 11.5 Å². The van der Waals surface area contributed by atoms with Gasteiger partial charge in [-0.3, -0.25) is 4.79 Å². The third-order valence-corrected chi connectivity index (χ3v) is 3.28. The average Bonchev–Trinajstić information content (AvgIpc) is 2.51. The zero-order valence-corrected chi connectivity index (χ0v) is 12.3. The highest BCUT2D eigenvalue weighted by Crippen LogP contribution is 2.26. The van der Waals surface area contributed by atoms with Crippen molar-refractivity contribution in [2.45, 2.75) is 6.92 Å². The van der Waals surface area contributed by atoms with E-state index < -0.39 is 0 Å². The molecule has 0 aliphatic carbocycles. The van der Waals surface area contributed by atoms with Gasteiger partial charge in [0.2, 0.25) is 0 Å². The molecule has 0 saturated carbocycles. The van der Waals surface area contributed by atoms with E-state index in [0.717, 1.165) is 5.56 Å². The van der Waals surface area contributed by atoms with Crippen LogP contribution in [0.3, 0.4) is 0 Å². The predicted octanol–water partition coefficient (Wildman–Crippen LogP) is 2.85. The molecule has 0 bridgehead atoms. The van der Waals surface area contributed by atoms with E-state index in [1.807, 2.05) is 6.92 Å². The van der Waals surface area contributed by atoms with Crippen molar-refractivity contribution in [1.82, 2.24) is 0 Å². The molecule has 5 nitrogen and oxygen atoms in total. The lowest BCUT2D eigenvalue weighted by Crippen LogP contribution is -2.14. The van der Waals surface area contributed by atoms with Crippen LogP contribution >= 0.6 is 0 Å². The zero-order valence-electron chi connectivity index (χ0n) is 12.3. The molecule has 0 aliphatic heterocycles. The Kier molecular flexibility index (Phi) is 4.33. The van der Waals surface area contributed by atoms with Crippen molar-refractivity contribution in [2.24, 2.45) is 0 Å². The normalized spacial score (nSPS) is 10.0. The van der Waals surface area contributed by atoms with Crippen LogP contribution in [0.15, 0.2) is 36.4 Å². The Bertz CT molecular complexity index is 669. The first-order valence-corrected chi connectivity index (χ1v) is 6.45. The Morgan fingerprint density at radius 1 is 1.14 bits per heavy atom. The number of amides is 1. The summed E-state index contributed by atoms with van der Waals surface area (Å²) in [6.45, 7) is 1.85. The molecular formula is C16H18N2O3. The Labute approximate surface area is 123 Å². The van der Waals surface area contributed by atoms with Gasteiger partial charge in [0, 0.05) is 11.4 Å². The minimum Gasteiger partial charge on any atom is -0.497 e. The van der Waals surface area contributed by atoms with Crippen LogP contribution in [-0.4, -0.2) is 20.1 Å². The largest absolute Gasteiger partial charge is 0.497 e. The third kappa shape index (κ3) is 3.08. The third-order valence-electron chi connectivity index (χ3n) is 3.28. The van der Waals surface area contributed by atoms with Crippen LogP contribution in [-0.2, 0) is 0 Å². The molecule has 1 amide bonds. The van der Waals surface area contributed by atoms with Gasteiger partial charge in [-0.05, 0) is 42.8 Å². The fourth-order valence-electron chi connectivity index (χ4n) is 1.97. The highest BCUT2D eigenvalue weighted by Gasteiger charge is 2.15. The molecule has 0 saturated heterocycles. The van der Waals surface area contributed by atoms with Crippen molar-refractivity contribution in [3.8, 4) is 11.5 Å². The Morgan fingerprint density at radius 3 is 2.57 bits per heavy atom. The molecule has 0 aliphatic rings. The van der Waals surface area contributed by atoms with Crippen molar-refractivity contribution >= 4 is 17.3 Å². The Hall–Kier alpha value is -2.69. The number of nitrogens with one attached hydrogen (secondary N) is 1. The van der Waals surface area contributed by atoms with Crippen LogP contribution in [0.25, 0.3) is 0 Å². The molecule has 0 atom stereocenters. The van der Waals surface area contributed by atoms with Crippen LogP contribution in [0.2, 0.25) is 0 Å². The van der Waals surface area contributed by atoms with Gasteiger partial charge in [-0.1, -0.05) is 6.07 Å². The molecule has 3 N–H and O–H groups in total. The van der Waals surface area contributed by atoms with Crippen LogP contribution in [0, 0.1) is 6.92 Å². The quantitative estimate of drug-likeness (QED) is 0.848. The van der Waals surface area contributed by atoms with Crippen molar-refractivity contribution in [2.75, 3.05) is 25.3 Å². The standard InChI is InChI=1S/C16H18N2O3/c1-10-13(17)5-4-6-14(10)18-16(19)12-9-11(20-2)7-8-15(12)21-3/h4-9H,17H2,1-3H3,(H,18,19). The summed E-state index contributed by atoms with van der Waals surface area (Å²) < 4.78 is 10.4. The average molecular weight is 286 g/mol. The van der Waals surface area contributed by atoms with Crippen molar-refractivity contribution < 1.29 is 14.3 Å². The molecule has 0 heterocycles. The van der Waals surface area contributed by atoms with Gasteiger partial charge in [0.05, 0.1) is 19.8 Å². The maximum absolute atomic E-state index is 12.4. The number of nitrogen functional groups attached to an aromatic ring is 1. The van der Waals surface area contributed by atoms with Gasteiger partial charge in [0.25, 0.3) is 5.91 Å². The summed E-state index contributed by atoms with van der Waals surface area (Å²) in [6.07, 6.45) is 0. The van der Waals surface area contributed by atoms with Gasteiger partial charge < -0.3 is 20.5 Å². The van der Waals surface area contributed by atoms with E-state index in [0.29, 0.717) is 28.4 Å². The SMILES string of the molecule is COc1ccc(OC)c(C(=O)Nc2cccc(N)c2C)c1. The minimum atomic E-state index is -0.278. The van der Waals surface area contributed by atoms with Crippen molar-refractivity contribution in [1.29, 1.82) is 0 Å². The molecule has 110 valence electrons. The zero-order chi connectivity index (χ0) is 15.4. The molecule has 0 aromatic heterocycles. The minimum absolute atomic E-state index is 0.278. The second-order valence-electron chi connectivity index (χ2n) is 4.54. The summed E-state index contributed by atoms with van der Waals surface area (Å²) in [5, 5.41) is 2.84. The lowest BCUT2D eigenvalue weighted by Gasteiger charge is -2.13. The summed E-state index contributed by atoms with van der Waals surface area (Å²) in [6, 6.07) is 10.4. The molecule has 5 heteroatoms. The van der Waals surface area contributed by atoms with E-state index in [2.05, 4.69) is 5.32 Å². The van der Waals surface area contributed by atoms with Crippen molar-refractivity contribution in [3.05, 3.63) is 47.5 Å². The highest BCUT2D eigenvalue weighted by atomic mass is 16.5. The number of hydrogen-bond acceptors (Lipinski definition) is 4. The second kappa shape index (κ2) is 6.17. The van der Waals surface area contributed by atoms with Gasteiger partial charge in [0.15, 0.2) is 0 Å². The van der Waals surface area contributed by atoms with Crippen LogP contribution < -0.4 is 20.5 Å². The topological polar surface area (TPSA) is 73.6 Å². The Balaban J connectivity index is 2.34. The molecule has 2 aromatic carbocycles. The monoisotopic (exact) mass is 286 g/mol. The van der Waals surface area contributed by atoms with E-state index in [1.54, 1.807) is 43.5 Å². The summed E-state index contributed by atoms with van der Waals surface area (Å²) >= 11 is 0. The maximum Gasteiger partial charge on any atom is 0.259 e. The lowest BCUT2D eigenvalue weighted by molar-refractivity contribution is 0.102. The number of methoxy groups -OCH3 is 2. The first-order valence-electron chi connectivity index (χ1n) is 6.45. The lowest BCUT2D eigenvalue weighted by atomic mass is 10.1. The first kappa shape index (κ1) is 14.7. The molecular weight excluding hydrogens is 268 g/mol. The molecule has 0 radical (unpaired) electrons. The number of benzene rings is 2.